The quantitative estimate of drug-likeness (QED) is 0.564. The molecule has 0 radical (unpaired) electrons. The topological polar surface area (TPSA) is 85.8 Å². The Balaban J connectivity index is 1.58. The molecule has 1 aliphatic heterocycles. The van der Waals surface area contributed by atoms with Crippen molar-refractivity contribution in [1.29, 1.82) is 0 Å². The van der Waals surface area contributed by atoms with Gasteiger partial charge in [0.1, 0.15) is 35.3 Å². The molecule has 9 heteroatoms. The molecule has 2 aromatic carbocycles. The molecule has 5 rings (SSSR count). The third-order valence-electron chi connectivity index (χ3n) is 5.22. The van der Waals surface area contributed by atoms with E-state index in [2.05, 4.69) is 9.97 Å². The molecule has 1 aliphatic rings. The molecule has 2 N–H and O–H groups in total. The first-order chi connectivity index (χ1) is 13.9. The van der Waals surface area contributed by atoms with Crippen molar-refractivity contribution in [3.05, 3.63) is 65.6 Å². The molecule has 0 unspecified atom stereocenters. The predicted molar refractivity (Wildman–Crippen MR) is 102 cm³/mol. The van der Waals surface area contributed by atoms with E-state index in [0.717, 1.165) is 0 Å². The van der Waals surface area contributed by atoms with Crippen LogP contribution in [-0.2, 0) is 0 Å². The van der Waals surface area contributed by atoms with Crippen molar-refractivity contribution in [2.45, 2.75) is 6.04 Å². The lowest BCUT2D eigenvalue weighted by Crippen LogP contribution is -2.32. The lowest BCUT2D eigenvalue weighted by Gasteiger charge is -2.24. The Kier molecular flexibility index (Phi) is 3.67. The van der Waals surface area contributed by atoms with E-state index in [0.29, 0.717) is 27.9 Å². The summed E-state index contributed by atoms with van der Waals surface area (Å²) in [6.45, 7) is 0.167. The smallest absolute Gasteiger partial charge is 0.257 e. The number of carbonyl (C=O) groups is 1. The molecule has 0 spiro atoms. The highest BCUT2D eigenvalue weighted by atomic mass is 19.1. The fourth-order valence-corrected chi connectivity index (χ4v) is 3.68. The van der Waals surface area contributed by atoms with Crippen LogP contribution in [0.1, 0.15) is 22.0 Å². The number of nitrogens with zero attached hydrogens (tertiary/aromatic N) is 4. The summed E-state index contributed by atoms with van der Waals surface area (Å²) >= 11 is 0. The van der Waals surface area contributed by atoms with Crippen molar-refractivity contribution in [2.24, 2.45) is 0 Å². The van der Waals surface area contributed by atoms with E-state index in [4.69, 9.17) is 10.5 Å². The van der Waals surface area contributed by atoms with E-state index in [1.807, 2.05) is 0 Å². The first-order valence-electron chi connectivity index (χ1n) is 8.84. The second kappa shape index (κ2) is 6.13. The highest BCUT2D eigenvalue weighted by Gasteiger charge is 2.32. The fraction of sp³-hybridized carbons (Fsp3) is 0.150. The molecule has 2 aromatic heterocycles. The molecular formula is C20H15F2N5O2. The van der Waals surface area contributed by atoms with Gasteiger partial charge in [-0.3, -0.25) is 9.20 Å². The van der Waals surface area contributed by atoms with Gasteiger partial charge in [-0.1, -0.05) is 6.07 Å². The number of carbonyl (C=O) groups excluding carboxylic acids is 1. The van der Waals surface area contributed by atoms with Crippen LogP contribution in [0.2, 0.25) is 0 Å². The second-order valence-electron chi connectivity index (χ2n) is 6.89. The number of fused-ring (bicyclic) bond motifs is 4. The molecule has 3 heterocycles. The molecule has 7 nitrogen and oxygen atoms in total. The minimum Gasteiger partial charge on any atom is -0.491 e. The molecule has 29 heavy (non-hydrogen) atoms. The minimum atomic E-state index is -0.709. The van der Waals surface area contributed by atoms with Gasteiger partial charge < -0.3 is 15.4 Å². The first-order valence-corrected chi connectivity index (χ1v) is 8.84. The van der Waals surface area contributed by atoms with E-state index in [9.17, 15) is 13.6 Å². The Morgan fingerprint density at radius 2 is 2.10 bits per heavy atom. The normalized spacial score (nSPS) is 15.5. The zero-order valence-electron chi connectivity index (χ0n) is 15.3. The second-order valence-corrected chi connectivity index (χ2v) is 6.89. The average Bonchev–Trinajstić information content (AvgIpc) is 3.34. The molecule has 0 fully saturated rings. The van der Waals surface area contributed by atoms with Gasteiger partial charge in [0.05, 0.1) is 35.2 Å². The van der Waals surface area contributed by atoms with Gasteiger partial charge in [0, 0.05) is 24.7 Å². The Bertz CT molecular complexity index is 1300. The summed E-state index contributed by atoms with van der Waals surface area (Å²) in [6, 6.07) is 6.32. The maximum atomic E-state index is 14.8. The number of amides is 1. The van der Waals surface area contributed by atoms with Gasteiger partial charge in [0.2, 0.25) is 0 Å². The first kappa shape index (κ1) is 17.4. The van der Waals surface area contributed by atoms with Crippen LogP contribution in [0.4, 0.5) is 14.6 Å². The van der Waals surface area contributed by atoms with Gasteiger partial charge in [-0.15, -0.1) is 0 Å². The van der Waals surface area contributed by atoms with E-state index < -0.39 is 23.6 Å². The molecule has 4 aromatic rings. The van der Waals surface area contributed by atoms with Gasteiger partial charge in [-0.25, -0.2) is 18.7 Å². The van der Waals surface area contributed by atoms with E-state index in [-0.39, 0.29) is 18.0 Å². The number of ether oxygens (including phenoxy) is 1. The highest BCUT2D eigenvalue weighted by Crippen LogP contribution is 2.36. The average molecular weight is 395 g/mol. The monoisotopic (exact) mass is 395 g/mol. The van der Waals surface area contributed by atoms with Crippen LogP contribution >= 0.6 is 0 Å². The zero-order valence-corrected chi connectivity index (χ0v) is 15.3. The molecule has 0 bridgehead atoms. The lowest BCUT2D eigenvalue weighted by molar-refractivity contribution is 0.0704. The lowest BCUT2D eigenvalue weighted by atomic mass is 10.1. The van der Waals surface area contributed by atoms with Crippen molar-refractivity contribution in [3.8, 4) is 5.75 Å². The zero-order chi connectivity index (χ0) is 20.3. The van der Waals surface area contributed by atoms with Crippen molar-refractivity contribution in [1.82, 2.24) is 19.3 Å². The van der Waals surface area contributed by atoms with E-state index >= 15 is 0 Å². The summed E-state index contributed by atoms with van der Waals surface area (Å²) in [5, 5.41) is 0. The van der Waals surface area contributed by atoms with Gasteiger partial charge in [0.15, 0.2) is 0 Å². The minimum absolute atomic E-state index is 0.114. The number of anilines is 1. The molecule has 146 valence electrons. The van der Waals surface area contributed by atoms with Crippen LogP contribution in [0, 0.1) is 11.6 Å². The Morgan fingerprint density at radius 3 is 2.93 bits per heavy atom. The SMILES string of the molecule is CN(C(=O)c1cc2c(cc1F)nc(N)c1cncn12)[C@@H]1COc2cc(F)ccc21. The van der Waals surface area contributed by atoms with Crippen LogP contribution in [0.25, 0.3) is 16.6 Å². The molecular weight excluding hydrogens is 380 g/mol. The largest absolute Gasteiger partial charge is 0.491 e. The fourth-order valence-electron chi connectivity index (χ4n) is 3.68. The molecule has 0 saturated heterocycles. The van der Waals surface area contributed by atoms with E-state index in [1.165, 1.54) is 35.5 Å². The Hall–Kier alpha value is -3.75. The Labute approximate surface area is 163 Å². The third-order valence-corrected chi connectivity index (χ3v) is 5.22. The van der Waals surface area contributed by atoms with Crippen LogP contribution in [-0.4, -0.2) is 38.8 Å². The molecule has 0 aliphatic carbocycles. The van der Waals surface area contributed by atoms with Gasteiger partial charge in [0.25, 0.3) is 5.91 Å². The van der Waals surface area contributed by atoms with Crippen LogP contribution < -0.4 is 10.5 Å². The number of hydrogen-bond acceptors (Lipinski definition) is 5. The van der Waals surface area contributed by atoms with Gasteiger partial charge in [-0.05, 0) is 12.1 Å². The van der Waals surface area contributed by atoms with Crippen LogP contribution in [0.3, 0.4) is 0 Å². The van der Waals surface area contributed by atoms with Crippen molar-refractivity contribution in [2.75, 3.05) is 19.4 Å². The standard InChI is InChI=1S/C20H15F2N5O2/c1-26(17-8-29-18-4-10(21)2-3-11(17)18)20(28)12-5-15-14(6-13(12)22)25-19(23)16-7-24-9-27(15)16/h2-7,9,17H,8H2,1H3,(H2,23,25)/t17-/m1/s1. The summed E-state index contributed by atoms with van der Waals surface area (Å²) in [5.41, 5.74) is 7.84. The highest BCUT2D eigenvalue weighted by molar-refractivity contribution is 5.98. The Morgan fingerprint density at radius 1 is 1.28 bits per heavy atom. The maximum absolute atomic E-state index is 14.8. The number of nitrogens with two attached hydrogens (primary N) is 1. The number of hydrogen-bond donors (Lipinski definition) is 1. The number of likely N-dealkylation sites (N-methyl/N-ethyl adjacent to an activating group) is 1. The molecule has 1 amide bonds. The number of imidazole rings is 1. The number of aromatic nitrogens is 3. The summed E-state index contributed by atoms with van der Waals surface area (Å²) in [7, 11) is 1.56. The van der Waals surface area contributed by atoms with Crippen molar-refractivity contribution >= 4 is 28.3 Å². The van der Waals surface area contributed by atoms with Gasteiger partial charge >= 0.3 is 0 Å². The molecule has 1 atom stereocenters. The maximum Gasteiger partial charge on any atom is 0.257 e. The number of benzene rings is 2. The summed E-state index contributed by atoms with van der Waals surface area (Å²) in [6.07, 6.45) is 3.08. The van der Waals surface area contributed by atoms with Crippen molar-refractivity contribution in [3.63, 3.8) is 0 Å². The predicted octanol–water partition coefficient (Wildman–Crippen LogP) is 2.95. The summed E-state index contributed by atoms with van der Waals surface area (Å²) in [5.74, 6) is -1.06. The third kappa shape index (κ3) is 2.58. The summed E-state index contributed by atoms with van der Waals surface area (Å²) in [4.78, 5) is 22.7. The van der Waals surface area contributed by atoms with Crippen molar-refractivity contribution < 1.29 is 18.3 Å². The van der Waals surface area contributed by atoms with Gasteiger partial charge in [-0.2, -0.15) is 0 Å². The van der Waals surface area contributed by atoms with Crippen LogP contribution in [0.15, 0.2) is 42.9 Å². The summed E-state index contributed by atoms with van der Waals surface area (Å²) < 4.78 is 35.4. The molecule has 0 saturated carbocycles. The van der Waals surface area contributed by atoms with Crippen LogP contribution in [0.5, 0.6) is 5.75 Å². The number of rotatable bonds is 2. The number of nitrogen functional groups attached to an aromatic ring is 1. The van der Waals surface area contributed by atoms with E-state index in [1.54, 1.807) is 23.7 Å². The number of halogens is 2.